The molecular weight excluding hydrogens is 292 g/mol. The molecule has 0 spiro atoms. The molecule has 0 saturated carbocycles. The number of fused-ring (bicyclic) bond motifs is 1. The Morgan fingerprint density at radius 1 is 1.17 bits per heavy atom. The summed E-state index contributed by atoms with van der Waals surface area (Å²) in [6, 6.07) is 10.8. The van der Waals surface area contributed by atoms with Crippen LogP contribution in [-0.4, -0.2) is 17.9 Å². The maximum Gasteiger partial charge on any atom is 0.265 e. The highest BCUT2D eigenvalue weighted by molar-refractivity contribution is 6.06. The lowest BCUT2D eigenvalue weighted by Gasteiger charge is -2.23. The monoisotopic (exact) mass is 310 g/mol. The predicted octanol–water partition coefficient (Wildman–Crippen LogP) is 3.28. The summed E-state index contributed by atoms with van der Waals surface area (Å²) in [5.74, 6) is 0.100. The number of benzene rings is 2. The predicted molar refractivity (Wildman–Crippen MR) is 89.0 cm³/mol. The number of aryl methyl sites for hydroxylation is 2. The van der Waals surface area contributed by atoms with E-state index in [1.165, 1.54) is 0 Å². The van der Waals surface area contributed by atoms with Gasteiger partial charge in [-0.25, -0.2) is 0 Å². The van der Waals surface area contributed by atoms with Gasteiger partial charge in [-0.3, -0.25) is 9.59 Å². The molecule has 0 aliphatic carbocycles. The SMILES string of the molecule is Cc1ccc(NC(=O)c2ccc3c(c2)OC(C)C(=O)N3)c(C)c1. The van der Waals surface area contributed by atoms with Crippen LogP contribution in [0.4, 0.5) is 11.4 Å². The van der Waals surface area contributed by atoms with E-state index < -0.39 is 6.10 Å². The van der Waals surface area contributed by atoms with Gasteiger partial charge in [0.1, 0.15) is 5.75 Å². The van der Waals surface area contributed by atoms with Crippen LogP contribution in [0.3, 0.4) is 0 Å². The average molecular weight is 310 g/mol. The summed E-state index contributed by atoms with van der Waals surface area (Å²) >= 11 is 0. The van der Waals surface area contributed by atoms with Crippen LogP contribution in [0.25, 0.3) is 0 Å². The molecule has 0 aromatic heterocycles. The lowest BCUT2D eigenvalue weighted by Crippen LogP contribution is -2.34. The van der Waals surface area contributed by atoms with Crippen LogP contribution in [0.5, 0.6) is 5.75 Å². The summed E-state index contributed by atoms with van der Waals surface area (Å²) in [7, 11) is 0. The average Bonchev–Trinajstić information content (AvgIpc) is 2.50. The molecule has 1 heterocycles. The largest absolute Gasteiger partial charge is 0.479 e. The number of carbonyl (C=O) groups is 2. The van der Waals surface area contributed by atoms with Gasteiger partial charge >= 0.3 is 0 Å². The van der Waals surface area contributed by atoms with Crippen LogP contribution in [0.1, 0.15) is 28.4 Å². The van der Waals surface area contributed by atoms with E-state index in [9.17, 15) is 9.59 Å². The molecule has 2 aromatic rings. The topological polar surface area (TPSA) is 67.4 Å². The smallest absolute Gasteiger partial charge is 0.265 e. The number of carbonyl (C=O) groups excluding carboxylic acids is 2. The molecule has 23 heavy (non-hydrogen) atoms. The van der Waals surface area contributed by atoms with Gasteiger partial charge in [0, 0.05) is 11.3 Å². The summed E-state index contributed by atoms with van der Waals surface area (Å²) in [6.45, 7) is 5.63. The van der Waals surface area contributed by atoms with E-state index in [-0.39, 0.29) is 11.8 Å². The molecule has 1 aliphatic heterocycles. The Morgan fingerprint density at radius 2 is 1.96 bits per heavy atom. The van der Waals surface area contributed by atoms with Crippen molar-refractivity contribution in [3.63, 3.8) is 0 Å². The minimum Gasteiger partial charge on any atom is -0.479 e. The fourth-order valence-electron chi connectivity index (χ4n) is 2.49. The number of hydrogen-bond donors (Lipinski definition) is 2. The third-order valence-corrected chi connectivity index (χ3v) is 3.80. The first-order valence-electron chi connectivity index (χ1n) is 7.44. The molecule has 1 unspecified atom stereocenters. The summed E-state index contributed by atoms with van der Waals surface area (Å²) in [6.07, 6.45) is -0.569. The number of hydrogen-bond acceptors (Lipinski definition) is 3. The molecule has 118 valence electrons. The third kappa shape index (κ3) is 3.04. The van der Waals surface area contributed by atoms with Gasteiger partial charge in [0.25, 0.3) is 11.8 Å². The van der Waals surface area contributed by atoms with Crippen LogP contribution in [-0.2, 0) is 4.79 Å². The summed E-state index contributed by atoms with van der Waals surface area (Å²) < 4.78 is 5.53. The van der Waals surface area contributed by atoms with Gasteiger partial charge < -0.3 is 15.4 Å². The van der Waals surface area contributed by atoms with Gasteiger partial charge in [-0.1, -0.05) is 17.7 Å². The number of nitrogens with one attached hydrogen (secondary N) is 2. The first-order chi connectivity index (χ1) is 10.9. The lowest BCUT2D eigenvalue weighted by molar-refractivity contribution is -0.122. The zero-order valence-electron chi connectivity index (χ0n) is 13.3. The highest BCUT2D eigenvalue weighted by Crippen LogP contribution is 2.30. The standard InChI is InChI=1S/C18H18N2O3/c1-10-4-6-14(11(2)8-10)19-18(22)13-5-7-15-16(9-13)23-12(3)17(21)20-15/h4-9,12H,1-3H3,(H,19,22)(H,20,21). The minimum absolute atomic E-state index is 0.190. The first-order valence-corrected chi connectivity index (χ1v) is 7.44. The van der Waals surface area contributed by atoms with Crippen LogP contribution in [0.15, 0.2) is 36.4 Å². The second-order valence-electron chi connectivity index (χ2n) is 5.73. The fraction of sp³-hybridized carbons (Fsp3) is 0.222. The number of anilines is 2. The Kier molecular flexibility index (Phi) is 3.78. The van der Waals surface area contributed by atoms with Crippen molar-refractivity contribution in [2.24, 2.45) is 0 Å². The number of rotatable bonds is 2. The molecule has 5 nitrogen and oxygen atoms in total. The van der Waals surface area contributed by atoms with Crippen molar-refractivity contribution in [2.75, 3.05) is 10.6 Å². The van der Waals surface area contributed by atoms with Crippen LogP contribution >= 0.6 is 0 Å². The fourth-order valence-corrected chi connectivity index (χ4v) is 2.49. The molecule has 2 amide bonds. The molecule has 3 rings (SSSR count). The van der Waals surface area contributed by atoms with Crippen LogP contribution in [0.2, 0.25) is 0 Å². The van der Waals surface area contributed by atoms with Gasteiger partial charge in [0.2, 0.25) is 0 Å². The van der Waals surface area contributed by atoms with Gasteiger partial charge in [0.05, 0.1) is 5.69 Å². The molecule has 2 aromatic carbocycles. The zero-order chi connectivity index (χ0) is 16.6. The Bertz CT molecular complexity index is 799. The molecular formula is C18H18N2O3. The maximum absolute atomic E-state index is 12.4. The van der Waals surface area contributed by atoms with E-state index in [2.05, 4.69) is 10.6 Å². The van der Waals surface area contributed by atoms with Crippen molar-refractivity contribution in [3.8, 4) is 5.75 Å². The Labute approximate surface area is 134 Å². The number of ether oxygens (including phenoxy) is 1. The molecule has 0 fully saturated rings. The quantitative estimate of drug-likeness (QED) is 0.894. The summed E-state index contributed by atoms with van der Waals surface area (Å²) in [4.78, 5) is 24.0. The van der Waals surface area contributed by atoms with Gasteiger partial charge in [-0.05, 0) is 50.6 Å². The Hall–Kier alpha value is -2.82. The van der Waals surface area contributed by atoms with Gasteiger partial charge in [-0.2, -0.15) is 0 Å². The first kappa shape index (κ1) is 15.1. The van der Waals surface area contributed by atoms with Crippen LogP contribution < -0.4 is 15.4 Å². The van der Waals surface area contributed by atoms with Crippen molar-refractivity contribution in [3.05, 3.63) is 53.1 Å². The van der Waals surface area contributed by atoms with E-state index in [4.69, 9.17) is 4.74 Å². The van der Waals surface area contributed by atoms with Crippen molar-refractivity contribution in [1.82, 2.24) is 0 Å². The molecule has 0 bridgehead atoms. The van der Waals surface area contributed by atoms with Gasteiger partial charge in [0.15, 0.2) is 6.10 Å². The number of amides is 2. The molecule has 5 heteroatoms. The van der Waals surface area contributed by atoms with E-state index >= 15 is 0 Å². The van der Waals surface area contributed by atoms with E-state index in [0.717, 1.165) is 16.8 Å². The van der Waals surface area contributed by atoms with Crippen LogP contribution in [0, 0.1) is 13.8 Å². The van der Waals surface area contributed by atoms with Crippen molar-refractivity contribution >= 4 is 23.2 Å². The second kappa shape index (κ2) is 5.76. The molecule has 1 atom stereocenters. The third-order valence-electron chi connectivity index (χ3n) is 3.80. The summed E-state index contributed by atoms with van der Waals surface area (Å²) in [5, 5.41) is 5.64. The van der Waals surface area contributed by atoms with E-state index in [0.29, 0.717) is 17.0 Å². The van der Waals surface area contributed by atoms with E-state index in [1.54, 1.807) is 25.1 Å². The van der Waals surface area contributed by atoms with Crippen molar-refractivity contribution < 1.29 is 14.3 Å². The molecule has 1 aliphatic rings. The van der Waals surface area contributed by atoms with Crippen molar-refractivity contribution in [1.29, 1.82) is 0 Å². The molecule has 2 N–H and O–H groups in total. The Balaban J connectivity index is 1.83. The minimum atomic E-state index is -0.569. The highest BCUT2D eigenvalue weighted by Gasteiger charge is 2.24. The Morgan fingerprint density at radius 3 is 2.70 bits per heavy atom. The maximum atomic E-state index is 12.4. The van der Waals surface area contributed by atoms with Crippen molar-refractivity contribution in [2.45, 2.75) is 26.9 Å². The normalized spacial score (nSPS) is 16.1. The molecule has 0 radical (unpaired) electrons. The second-order valence-corrected chi connectivity index (χ2v) is 5.73. The zero-order valence-corrected chi connectivity index (χ0v) is 13.3. The highest BCUT2D eigenvalue weighted by atomic mass is 16.5. The van der Waals surface area contributed by atoms with Gasteiger partial charge in [-0.15, -0.1) is 0 Å². The summed E-state index contributed by atoms with van der Waals surface area (Å²) in [5.41, 5.74) is 3.99. The lowest BCUT2D eigenvalue weighted by atomic mass is 10.1. The molecule has 0 saturated heterocycles. The van der Waals surface area contributed by atoms with E-state index in [1.807, 2.05) is 32.0 Å².